The lowest BCUT2D eigenvalue weighted by Crippen LogP contribution is -2.18. The lowest BCUT2D eigenvalue weighted by molar-refractivity contribution is -0.115. The molecule has 126 valence electrons. The van der Waals surface area contributed by atoms with Crippen LogP contribution in [-0.4, -0.2) is 25.7 Å². The van der Waals surface area contributed by atoms with E-state index in [2.05, 4.69) is 10.6 Å². The first kappa shape index (κ1) is 16.7. The summed E-state index contributed by atoms with van der Waals surface area (Å²) < 4.78 is 10.9. The Bertz CT molecular complexity index is 732. The van der Waals surface area contributed by atoms with Gasteiger partial charge in [-0.1, -0.05) is 29.3 Å². The molecule has 7 heteroatoms. The van der Waals surface area contributed by atoms with E-state index < -0.39 is 0 Å². The molecule has 0 saturated heterocycles. The minimum atomic E-state index is -0.123. The maximum atomic E-state index is 12.1. The number of benzene rings is 2. The second-order valence-electron chi connectivity index (χ2n) is 5.18. The van der Waals surface area contributed by atoms with Crippen LogP contribution in [0.3, 0.4) is 0 Å². The Kier molecular flexibility index (Phi) is 5.33. The summed E-state index contributed by atoms with van der Waals surface area (Å²) in [5, 5.41) is 6.95. The molecule has 0 fully saturated rings. The van der Waals surface area contributed by atoms with Crippen molar-refractivity contribution < 1.29 is 14.3 Å². The van der Waals surface area contributed by atoms with Crippen LogP contribution in [0.5, 0.6) is 11.5 Å². The Balaban J connectivity index is 1.53. The van der Waals surface area contributed by atoms with E-state index >= 15 is 0 Å². The summed E-state index contributed by atoms with van der Waals surface area (Å²) in [7, 11) is 0. The minimum absolute atomic E-state index is 0.123. The van der Waals surface area contributed by atoms with Gasteiger partial charge in [-0.15, -0.1) is 0 Å². The van der Waals surface area contributed by atoms with Crippen molar-refractivity contribution in [2.24, 2.45) is 0 Å². The van der Waals surface area contributed by atoms with Gasteiger partial charge in [0, 0.05) is 24.7 Å². The van der Waals surface area contributed by atoms with E-state index in [0.29, 0.717) is 52.7 Å². The molecule has 5 nitrogen and oxygen atoms in total. The van der Waals surface area contributed by atoms with Crippen molar-refractivity contribution in [3.8, 4) is 11.5 Å². The Morgan fingerprint density at radius 3 is 2.50 bits per heavy atom. The molecule has 0 radical (unpaired) electrons. The van der Waals surface area contributed by atoms with Crippen LogP contribution in [0.4, 0.5) is 11.4 Å². The highest BCUT2D eigenvalue weighted by molar-refractivity contribution is 6.39. The lowest BCUT2D eigenvalue weighted by Gasteiger charge is -2.19. The molecule has 0 bridgehead atoms. The Labute approximate surface area is 149 Å². The van der Waals surface area contributed by atoms with Crippen molar-refractivity contribution in [1.29, 1.82) is 0 Å². The first-order valence-electron chi connectivity index (χ1n) is 7.51. The van der Waals surface area contributed by atoms with E-state index in [1.807, 2.05) is 0 Å². The van der Waals surface area contributed by atoms with E-state index in [1.54, 1.807) is 36.4 Å². The van der Waals surface area contributed by atoms with Gasteiger partial charge in [-0.05, 0) is 24.3 Å². The molecule has 0 atom stereocenters. The zero-order chi connectivity index (χ0) is 16.9. The second-order valence-corrected chi connectivity index (χ2v) is 5.99. The van der Waals surface area contributed by atoms with Crippen LogP contribution in [0.1, 0.15) is 6.42 Å². The third kappa shape index (κ3) is 4.04. The third-order valence-corrected chi connectivity index (χ3v) is 4.07. The maximum absolute atomic E-state index is 12.1. The number of carbonyl (C=O) groups excluding carboxylic acids is 1. The molecule has 1 aliphatic rings. The zero-order valence-electron chi connectivity index (χ0n) is 12.8. The van der Waals surface area contributed by atoms with Crippen molar-refractivity contribution in [3.05, 3.63) is 46.4 Å². The molecule has 1 aliphatic heterocycles. The Morgan fingerprint density at radius 1 is 1.04 bits per heavy atom. The van der Waals surface area contributed by atoms with E-state index in [1.165, 1.54) is 0 Å². The summed E-state index contributed by atoms with van der Waals surface area (Å²) in [5.41, 5.74) is 1.30. The quantitative estimate of drug-likeness (QED) is 0.832. The summed E-state index contributed by atoms with van der Waals surface area (Å²) in [6, 6.07) is 10.6. The molecule has 1 amide bonds. The molecule has 2 aromatic carbocycles. The lowest BCUT2D eigenvalue weighted by atomic mass is 10.2. The first-order valence-corrected chi connectivity index (χ1v) is 8.26. The van der Waals surface area contributed by atoms with Gasteiger partial charge in [0.25, 0.3) is 0 Å². The highest BCUT2D eigenvalue weighted by Gasteiger charge is 2.13. The second kappa shape index (κ2) is 7.64. The molecular weight excluding hydrogens is 351 g/mol. The van der Waals surface area contributed by atoms with Gasteiger partial charge in [-0.3, -0.25) is 4.79 Å². The fourth-order valence-electron chi connectivity index (χ4n) is 2.31. The largest absolute Gasteiger partial charge is 0.486 e. The topological polar surface area (TPSA) is 59.6 Å². The summed E-state index contributed by atoms with van der Waals surface area (Å²) in [6.45, 7) is 1.46. The summed E-state index contributed by atoms with van der Waals surface area (Å²) in [5.74, 6) is 1.21. The van der Waals surface area contributed by atoms with Crippen LogP contribution in [-0.2, 0) is 4.79 Å². The van der Waals surface area contributed by atoms with Crippen LogP contribution in [0.25, 0.3) is 0 Å². The molecule has 0 spiro atoms. The fraction of sp³-hybridized carbons (Fsp3) is 0.235. The Hall–Kier alpha value is -2.11. The van der Waals surface area contributed by atoms with Gasteiger partial charge in [0.2, 0.25) is 5.91 Å². The predicted octanol–water partition coefficient (Wildman–Crippen LogP) is 4.21. The smallest absolute Gasteiger partial charge is 0.226 e. The van der Waals surface area contributed by atoms with Gasteiger partial charge in [-0.25, -0.2) is 0 Å². The van der Waals surface area contributed by atoms with Gasteiger partial charge in [0.05, 0.1) is 15.7 Å². The van der Waals surface area contributed by atoms with Crippen LogP contribution >= 0.6 is 23.2 Å². The standard InChI is InChI=1S/C17H16Cl2N2O3/c18-12-2-1-3-13(19)17(12)20-7-6-16(22)21-11-4-5-14-15(10-11)24-9-8-23-14/h1-5,10,20H,6-9H2,(H,21,22). The molecule has 3 rings (SSSR count). The van der Waals surface area contributed by atoms with E-state index in [-0.39, 0.29) is 12.3 Å². The van der Waals surface area contributed by atoms with E-state index in [0.717, 1.165) is 0 Å². The number of halogens is 2. The summed E-state index contributed by atoms with van der Waals surface area (Å²) in [6.07, 6.45) is 0.274. The van der Waals surface area contributed by atoms with Crippen molar-refractivity contribution in [2.75, 3.05) is 30.4 Å². The maximum Gasteiger partial charge on any atom is 0.226 e. The number of carbonyl (C=O) groups is 1. The number of ether oxygens (including phenoxy) is 2. The SMILES string of the molecule is O=C(CCNc1c(Cl)cccc1Cl)Nc1ccc2c(c1)OCCO2. The third-order valence-electron chi connectivity index (χ3n) is 3.44. The fourth-order valence-corrected chi connectivity index (χ4v) is 2.84. The van der Waals surface area contributed by atoms with Crippen LogP contribution in [0.15, 0.2) is 36.4 Å². The number of para-hydroxylation sites is 1. The van der Waals surface area contributed by atoms with Crippen molar-refractivity contribution in [2.45, 2.75) is 6.42 Å². The molecule has 2 N–H and O–H groups in total. The molecular formula is C17H16Cl2N2O3. The Morgan fingerprint density at radius 2 is 1.75 bits per heavy atom. The van der Waals surface area contributed by atoms with Gasteiger partial charge >= 0.3 is 0 Å². The molecule has 1 heterocycles. The number of anilines is 2. The van der Waals surface area contributed by atoms with E-state index in [9.17, 15) is 4.79 Å². The van der Waals surface area contributed by atoms with Crippen LogP contribution < -0.4 is 20.1 Å². The number of amides is 1. The number of nitrogens with one attached hydrogen (secondary N) is 2. The summed E-state index contributed by atoms with van der Waals surface area (Å²) in [4.78, 5) is 12.1. The molecule has 0 aliphatic carbocycles. The molecule has 0 unspecified atom stereocenters. The first-order chi connectivity index (χ1) is 11.6. The number of hydrogen-bond acceptors (Lipinski definition) is 4. The molecule has 24 heavy (non-hydrogen) atoms. The van der Waals surface area contributed by atoms with Gasteiger partial charge < -0.3 is 20.1 Å². The van der Waals surface area contributed by atoms with Gasteiger partial charge in [0.15, 0.2) is 11.5 Å². The average molecular weight is 367 g/mol. The minimum Gasteiger partial charge on any atom is -0.486 e. The van der Waals surface area contributed by atoms with Crippen LogP contribution in [0.2, 0.25) is 10.0 Å². The normalized spacial score (nSPS) is 12.6. The molecule has 2 aromatic rings. The zero-order valence-corrected chi connectivity index (χ0v) is 14.3. The predicted molar refractivity (Wildman–Crippen MR) is 95.6 cm³/mol. The van der Waals surface area contributed by atoms with Crippen molar-refractivity contribution in [3.63, 3.8) is 0 Å². The molecule has 0 aromatic heterocycles. The van der Waals surface area contributed by atoms with Crippen molar-refractivity contribution in [1.82, 2.24) is 0 Å². The number of fused-ring (bicyclic) bond motifs is 1. The highest BCUT2D eigenvalue weighted by Crippen LogP contribution is 2.32. The van der Waals surface area contributed by atoms with Gasteiger partial charge in [0.1, 0.15) is 13.2 Å². The highest BCUT2D eigenvalue weighted by atomic mass is 35.5. The van der Waals surface area contributed by atoms with Gasteiger partial charge in [-0.2, -0.15) is 0 Å². The summed E-state index contributed by atoms with van der Waals surface area (Å²) >= 11 is 12.1. The molecule has 0 saturated carbocycles. The average Bonchev–Trinajstić information content (AvgIpc) is 2.57. The monoisotopic (exact) mass is 366 g/mol. The van der Waals surface area contributed by atoms with Crippen molar-refractivity contribution >= 4 is 40.5 Å². The van der Waals surface area contributed by atoms with E-state index in [4.69, 9.17) is 32.7 Å². The van der Waals surface area contributed by atoms with Crippen LogP contribution in [0, 0.1) is 0 Å². The number of rotatable bonds is 5. The number of hydrogen-bond donors (Lipinski definition) is 2.